The molecule has 0 bridgehead atoms. The Labute approximate surface area is 171 Å². The number of rotatable bonds is 4. The summed E-state index contributed by atoms with van der Waals surface area (Å²) in [5.41, 5.74) is 3.30. The molecule has 29 heavy (non-hydrogen) atoms. The molecule has 0 spiro atoms. The van der Waals surface area contributed by atoms with Crippen LogP contribution in [0, 0.1) is 18.3 Å². The predicted molar refractivity (Wildman–Crippen MR) is 110 cm³/mol. The van der Waals surface area contributed by atoms with Gasteiger partial charge in [0, 0.05) is 16.0 Å². The Morgan fingerprint density at radius 3 is 2.59 bits per heavy atom. The van der Waals surface area contributed by atoms with Crippen LogP contribution in [0.2, 0.25) is 0 Å². The minimum atomic E-state index is -1.08. The van der Waals surface area contributed by atoms with E-state index in [0.29, 0.717) is 22.7 Å². The molecule has 0 radical (unpaired) electrons. The molecule has 144 valence electrons. The van der Waals surface area contributed by atoms with Crippen LogP contribution < -0.4 is 9.64 Å². The second-order valence-electron chi connectivity index (χ2n) is 6.62. The Hall–Kier alpha value is -3.63. The van der Waals surface area contributed by atoms with E-state index >= 15 is 0 Å². The summed E-state index contributed by atoms with van der Waals surface area (Å²) in [6.45, 7) is 2.23. The number of methoxy groups -OCH3 is 1. The van der Waals surface area contributed by atoms with Crippen molar-refractivity contribution in [2.24, 2.45) is 0 Å². The first-order valence-electron chi connectivity index (χ1n) is 8.80. The third kappa shape index (κ3) is 3.04. The van der Waals surface area contributed by atoms with Crippen LogP contribution in [0.15, 0.2) is 42.5 Å². The Kier molecular flexibility index (Phi) is 4.57. The number of fused-ring (bicyclic) bond motifs is 1. The van der Waals surface area contributed by atoms with Gasteiger partial charge < -0.3 is 9.84 Å². The average molecular weight is 404 g/mol. The summed E-state index contributed by atoms with van der Waals surface area (Å²) in [6.07, 6.45) is 0. The van der Waals surface area contributed by atoms with Crippen LogP contribution >= 0.6 is 11.3 Å². The molecule has 3 aromatic rings. The molecule has 1 amide bonds. The van der Waals surface area contributed by atoms with Crippen molar-refractivity contribution in [1.29, 1.82) is 5.26 Å². The van der Waals surface area contributed by atoms with Crippen molar-refractivity contribution in [3.63, 3.8) is 0 Å². The lowest BCUT2D eigenvalue weighted by atomic mass is 10.0. The number of hydrogen-bond donors (Lipinski definition) is 1. The quantitative estimate of drug-likeness (QED) is 0.693. The molecule has 1 N–H and O–H groups in total. The zero-order valence-electron chi connectivity index (χ0n) is 15.7. The van der Waals surface area contributed by atoms with Gasteiger partial charge in [0.15, 0.2) is 0 Å². The number of aryl methyl sites for hydroxylation is 1. The standard InChI is InChI=1S/C22H16N2O4S/c1-12-19(13-5-7-16(28-2)8-6-13)18(10-23)21(29-12)24-11-15-4-3-14(22(26)27)9-17(15)20(24)25/h3-9H,11H2,1-2H3,(H,26,27). The van der Waals surface area contributed by atoms with E-state index in [4.69, 9.17) is 4.74 Å². The molecule has 6 nitrogen and oxygen atoms in total. The van der Waals surface area contributed by atoms with E-state index in [1.807, 2.05) is 31.2 Å². The van der Waals surface area contributed by atoms with Crippen molar-refractivity contribution in [2.75, 3.05) is 12.0 Å². The number of aromatic carboxylic acids is 1. The number of carboxylic acid groups (broad SMARTS) is 1. The summed E-state index contributed by atoms with van der Waals surface area (Å²) in [6, 6.07) is 14.2. The van der Waals surface area contributed by atoms with Gasteiger partial charge in [-0.2, -0.15) is 5.26 Å². The number of carbonyl (C=O) groups is 2. The zero-order chi connectivity index (χ0) is 20.7. The summed E-state index contributed by atoms with van der Waals surface area (Å²) in [4.78, 5) is 26.7. The SMILES string of the molecule is COc1ccc(-c2c(C)sc(N3Cc4ccc(C(=O)O)cc4C3=O)c2C#N)cc1. The van der Waals surface area contributed by atoms with E-state index in [-0.39, 0.29) is 11.5 Å². The number of ether oxygens (including phenoxy) is 1. The average Bonchev–Trinajstić information content (AvgIpc) is 3.24. The summed E-state index contributed by atoms with van der Waals surface area (Å²) < 4.78 is 5.20. The van der Waals surface area contributed by atoms with Crippen LogP contribution in [-0.4, -0.2) is 24.1 Å². The third-order valence-corrected chi connectivity index (χ3v) is 6.09. The lowest BCUT2D eigenvalue weighted by Crippen LogP contribution is -2.22. The number of nitriles is 1. The minimum Gasteiger partial charge on any atom is -0.497 e. The van der Waals surface area contributed by atoms with Gasteiger partial charge in [0.25, 0.3) is 5.91 Å². The van der Waals surface area contributed by atoms with Crippen molar-refractivity contribution >= 4 is 28.2 Å². The molecule has 1 aromatic heterocycles. The summed E-state index contributed by atoms with van der Waals surface area (Å²) in [5, 5.41) is 19.6. The van der Waals surface area contributed by atoms with Gasteiger partial charge in [-0.1, -0.05) is 18.2 Å². The predicted octanol–water partition coefficient (Wildman–Crippen LogP) is 4.46. The fourth-order valence-electron chi connectivity index (χ4n) is 3.53. The molecule has 4 rings (SSSR count). The first-order chi connectivity index (χ1) is 13.9. The van der Waals surface area contributed by atoms with E-state index in [0.717, 1.165) is 27.3 Å². The van der Waals surface area contributed by atoms with Crippen LogP contribution in [0.3, 0.4) is 0 Å². The fourth-order valence-corrected chi connectivity index (χ4v) is 4.65. The van der Waals surface area contributed by atoms with Gasteiger partial charge in [0.1, 0.15) is 16.8 Å². The number of amides is 1. The molecule has 1 aliphatic rings. The maximum absolute atomic E-state index is 13.0. The van der Waals surface area contributed by atoms with E-state index in [9.17, 15) is 20.0 Å². The van der Waals surface area contributed by atoms with Gasteiger partial charge in [-0.15, -0.1) is 11.3 Å². The van der Waals surface area contributed by atoms with Crippen molar-refractivity contribution in [1.82, 2.24) is 0 Å². The first kappa shape index (κ1) is 18.7. The maximum Gasteiger partial charge on any atom is 0.335 e. The number of nitrogens with zero attached hydrogens (tertiary/aromatic N) is 2. The van der Waals surface area contributed by atoms with Crippen LogP contribution in [0.25, 0.3) is 11.1 Å². The van der Waals surface area contributed by atoms with Crippen LogP contribution in [0.4, 0.5) is 5.00 Å². The molecule has 2 aromatic carbocycles. The third-order valence-electron chi connectivity index (χ3n) is 4.96. The van der Waals surface area contributed by atoms with Gasteiger partial charge in [0.05, 0.1) is 24.8 Å². The van der Waals surface area contributed by atoms with Crippen molar-refractivity contribution < 1.29 is 19.4 Å². The molecule has 0 saturated heterocycles. The monoisotopic (exact) mass is 404 g/mol. The number of thiophene rings is 1. The lowest BCUT2D eigenvalue weighted by Gasteiger charge is -2.14. The highest BCUT2D eigenvalue weighted by Gasteiger charge is 2.33. The topological polar surface area (TPSA) is 90.6 Å². The molecule has 0 aliphatic carbocycles. The number of carbonyl (C=O) groups excluding carboxylic acids is 1. The summed E-state index contributed by atoms with van der Waals surface area (Å²) in [5.74, 6) is -0.646. The van der Waals surface area contributed by atoms with Gasteiger partial charge in [-0.3, -0.25) is 9.69 Å². The number of hydrogen-bond acceptors (Lipinski definition) is 5. The van der Waals surface area contributed by atoms with Gasteiger partial charge in [0.2, 0.25) is 0 Å². The second-order valence-corrected chi connectivity index (χ2v) is 7.83. The van der Waals surface area contributed by atoms with Crippen LogP contribution in [-0.2, 0) is 6.54 Å². The van der Waals surface area contributed by atoms with E-state index in [1.165, 1.54) is 23.5 Å². The Bertz CT molecular complexity index is 1190. The zero-order valence-corrected chi connectivity index (χ0v) is 16.5. The van der Waals surface area contributed by atoms with Crippen LogP contribution in [0.1, 0.15) is 36.7 Å². The molecule has 0 saturated carbocycles. The molecular formula is C22H16N2O4S. The van der Waals surface area contributed by atoms with Gasteiger partial charge in [-0.05, 0) is 42.3 Å². The highest BCUT2D eigenvalue weighted by molar-refractivity contribution is 7.17. The molecule has 2 heterocycles. The van der Waals surface area contributed by atoms with Gasteiger partial charge >= 0.3 is 5.97 Å². The Morgan fingerprint density at radius 1 is 1.24 bits per heavy atom. The van der Waals surface area contributed by atoms with E-state index in [1.54, 1.807) is 18.1 Å². The Balaban J connectivity index is 1.77. The molecule has 7 heteroatoms. The van der Waals surface area contributed by atoms with Gasteiger partial charge in [-0.25, -0.2) is 4.79 Å². The maximum atomic E-state index is 13.0. The highest BCUT2D eigenvalue weighted by atomic mass is 32.1. The normalized spacial score (nSPS) is 12.6. The first-order valence-corrected chi connectivity index (χ1v) is 9.62. The molecule has 1 aliphatic heterocycles. The lowest BCUT2D eigenvalue weighted by molar-refractivity contribution is 0.0697. The molecule has 0 fully saturated rings. The van der Waals surface area contributed by atoms with E-state index < -0.39 is 5.97 Å². The van der Waals surface area contributed by atoms with Crippen molar-refractivity contribution in [3.05, 3.63) is 69.6 Å². The molecule has 0 unspecified atom stereocenters. The van der Waals surface area contributed by atoms with Crippen molar-refractivity contribution in [3.8, 4) is 22.9 Å². The van der Waals surface area contributed by atoms with Crippen LogP contribution in [0.5, 0.6) is 5.75 Å². The number of carboxylic acids is 1. The fraction of sp³-hybridized carbons (Fsp3) is 0.136. The largest absolute Gasteiger partial charge is 0.497 e. The Morgan fingerprint density at radius 2 is 1.97 bits per heavy atom. The summed E-state index contributed by atoms with van der Waals surface area (Å²) in [7, 11) is 1.59. The summed E-state index contributed by atoms with van der Waals surface area (Å²) >= 11 is 1.39. The van der Waals surface area contributed by atoms with E-state index in [2.05, 4.69) is 6.07 Å². The highest BCUT2D eigenvalue weighted by Crippen LogP contribution is 2.44. The minimum absolute atomic E-state index is 0.0701. The second kappa shape index (κ2) is 7.08. The molecule has 0 atom stereocenters. The number of anilines is 1. The molecular weight excluding hydrogens is 388 g/mol. The van der Waals surface area contributed by atoms with Crippen molar-refractivity contribution in [2.45, 2.75) is 13.5 Å². The number of benzene rings is 2. The smallest absolute Gasteiger partial charge is 0.335 e.